The summed E-state index contributed by atoms with van der Waals surface area (Å²) in [4.78, 5) is 21.0. The van der Waals surface area contributed by atoms with Crippen LogP contribution in [0.1, 0.15) is 43.9 Å². The molecule has 0 bridgehead atoms. The van der Waals surface area contributed by atoms with Crippen molar-refractivity contribution in [3.05, 3.63) is 42.0 Å². The number of hydrogen-bond acceptors (Lipinski definition) is 7. The van der Waals surface area contributed by atoms with Crippen molar-refractivity contribution in [2.45, 2.75) is 38.9 Å². The van der Waals surface area contributed by atoms with Crippen LogP contribution in [0.3, 0.4) is 0 Å². The standard InChI is InChI=1S/C18H15F3N6O2S.C2H6/c1-3-29-17(28)11-5-7-22-15-14(16(30-4-2)25-27(11)15)10-6-8-26-13(23-10)9-12(24-26)18(19,20)21;1-2/h5-9H,3-4H2,1-2H3;1-2H3. The van der Waals surface area contributed by atoms with Crippen LogP contribution in [-0.2, 0) is 10.9 Å². The quantitative estimate of drug-likeness (QED) is 0.309. The Hall–Kier alpha value is -3.15. The number of hydrogen-bond donors (Lipinski definition) is 0. The molecule has 4 aromatic heterocycles. The molecule has 0 N–H and O–H groups in total. The molecule has 0 aliphatic rings. The molecule has 4 heterocycles. The lowest BCUT2D eigenvalue weighted by molar-refractivity contribution is -0.141. The van der Waals surface area contributed by atoms with Crippen LogP contribution in [0.25, 0.3) is 22.6 Å². The van der Waals surface area contributed by atoms with E-state index in [0.717, 1.165) is 10.6 Å². The largest absolute Gasteiger partial charge is 0.461 e. The lowest BCUT2D eigenvalue weighted by Gasteiger charge is -2.04. The number of fused-ring (bicyclic) bond motifs is 2. The van der Waals surface area contributed by atoms with E-state index in [4.69, 9.17) is 4.74 Å². The highest BCUT2D eigenvalue weighted by Crippen LogP contribution is 2.34. The molecule has 0 saturated heterocycles. The van der Waals surface area contributed by atoms with E-state index in [1.165, 1.54) is 40.8 Å². The number of alkyl halides is 3. The minimum absolute atomic E-state index is 0.0353. The summed E-state index contributed by atoms with van der Waals surface area (Å²) in [7, 11) is 0. The number of halogens is 3. The summed E-state index contributed by atoms with van der Waals surface area (Å²) >= 11 is 1.40. The molecule has 0 aliphatic carbocycles. The van der Waals surface area contributed by atoms with E-state index < -0.39 is 17.8 Å². The fourth-order valence-corrected chi connectivity index (χ4v) is 3.66. The van der Waals surface area contributed by atoms with Crippen LogP contribution in [0.4, 0.5) is 13.2 Å². The van der Waals surface area contributed by atoms with Gasteiger partial charge >= 0.3 is 12.1 Å². The van der Waals surface area contributed by atoms with Gasteiger partial charge in [0.05, 0.1) is 17.9 Å². The van der Waals surface area contributed by atoms with Crippen LogP contribution in [0.2, 0.25) is 0 Å². The zero-order chi connectivity index (χ0) is 23.5. The van der Waals surface area contributed by atoms with E-state index in [2.05, 4.69) is 20.2 Å². The van der Waals surface area contributed by atoms with Crippen LogP contribution in [0.15, 0.2) is 35.6 Å². The maximum Gasteiger partial charge on any atom is 0.435 e. The van der Waals surface area contributed by atoms with Crippen molar-refractivity contribution in [3.63, 3.8) is 0 Å². The summed E-state index contributed by atoms with van der Waals surface area (Å²) in [6.45, 7) is 7.83. The van der Waals surface area contributed by atoms with Gasteiger partial charge in [0.25, 0.3) is 0 Å². The van der Waals surface area contributed by atoms with Gasteiger partial charge in [0.15, 0.2) is 22.7 Å². The molecule has 0 aromatic carbocycles. The maximum absolute atomic E-state index is 13.0. The topological polar surface area (TPSA) is 86.7 Å². The lowest BCUT2D eigenvalue weighted by Crippen LogP contribution is -2.11. The summed E-state index contributed by atoms with van der Waals surface area (Å²) in [5.74, 6) is 0.125. The zero-order valence-corrected chi connectivity index (χ0v) is 18.7. The normalized spacial score (nSPS) is 11.5. The van der Waals surface area contributed by atoms with E-state index in [9.17, 15) is 18.0 Å². The number of nitrogens with zero attached hydrogens (tertiary/aromatic N) is 6. The second-order valence-corrected chi connectivity index (χ2v) is 7.29. The molecule has 8 nitrogen and oxygen atoms in total. The Labute approximate surface area is 185 Å². The Morgan fingerprint density at radius 1 is 1.19 bits per heavy atom. The second kappa shape index (κ2) is 9.55. The van der Waals surface area contributed by atoms with E-state index in [-0.39, 0.29) is 17.9 Å². The number of carbonyl (C=O) groups is 1. The number of carbonyl (C=O) groups excluding carboxylic acids is 1. The van der Waals surface area contributed by atoms with Crippen molar-refractivity contribution >= 4 is 29.0 Å². The Balaban J connectivity index is 0.00000141. The molecule has 0 fully saturated rings. The maximum atomic E-state index is 13.0. The molecule has 0 saturated carbocycles. The molecule has 0 spiro atoms. The van der Waals surface area contributed by atoms with E-state index in [1.54, 1.807) is 6.92 Å². The molecular weight excluding hydrogens is 445 g/mol. The summed E-state index contributed by atoms with van der Waals surface area (Å²) in [6, 6.07) is 3.90. The lowest BCUT2D eigenvalue weighted by atomic mass is 10.2. The highest BCUT2D eigenvalue weighted by molar-refractivity contribution is 7.99. The number of thioether (sulfide) groups is 1. The Kier molecular flexibility index (Phi) is 7.02. The van der Waals surface area contributed by atoms with Gasteiger partial charge in [0, 0.05) is 18.5 Å². The van der Waals surface area contributed by atoms with Gasteiger partial charge in [-0.25, -0.2) is 23.8 Å². The van der Waals surface area contributed by atoms with Crippen molar-refractivity contribution in [3.8, 4) is 11.3 Å². The van der Waals surface area contributed by atoms with Gasteiger partial charge in [0.2, 0.25) is 0 Å². The average Bonchev–Trinajstić information content (AvgIpc) is 3.36. The predicted molar refractivity (Wildman–Crippen MR) is 114 cm³/mol. The fraction of sp³-hybridized carbons (Fsp3) is 0.350. The minimum atomic E-state index is -4.57. The molecule has 0 aliphatic heterocycles. The molecule has 32 heavy (non-hydrogen) atoms. The Bertz CT molecular complexity index is 1250. The fourth-order valence-electron chi connectivity index (χ4n) is 2.90. The SMILES string of the molecule is CC.CCOC(=O)c1ccnc2c(-c3ccn4nc(C(F)(F)F)cc4n3)c(SCC)nn12. The first-order chi connectivity index (χ1) is 15.3. The predicted octanol–water partition coefficient (Wildman–Crippen LogP) is 4.77. The summed E-state index contributed by atoms with van der Waals surface area (Å²) in [6.07, 6.45) is -1.73. The first-order valence-corrected chi connectivity index (χ1v) is 10.9. The van der Waals surface area contributed by atoms with Gasteiger partial charge in [0.1, 0.15) is 5.03 Å². The van der Waals surface area contributed by atoms with Crippen molar-refractivity contribution < 1.29 is 22.7 Å². The number of aromatic nitrogens is 6. The molecule has 4 rings (SSSR count). The number of rotatable bonds is 5. The Morgan fingerprint density at radius 2 is 1.94 bits per heavy atom. The molecular formula is C20H21F3N6O2S. The molecule has 0 atom stereocenters. The molecule has 170 valence electrons. The molecule has 0 amide bonds. The van der Waals surface area contributed by atoms with Gasteiger partial charge in [-0.05, 0) is 24.8 Å². The summed E-state index contributed by atoms with van der Waals surface area (Å²) < 4.78 is 46.4. The van der Waals surface area contributed by atoms with Crippen molar-refractivity contribution in [2.24, 2.45) is 0 Å². The van der Waals surface area contributed by atoms with Crippen LogP contribution in [-0.4, -0.2) is 47.5 Å². The van der Waals surface area contributed by atoms with E-state index >= 15 is 0 Å². The highest BCUT2D eigenvalue weighted by atomic mass is 32.2. The Morgan fingerprint density at radius 3 is 2.59 bits per heavy atom. The minimum Gasteiger partial charge on any atom is -0.461 e. The van der Waals surface area contributed by atoms with Crippen LogP contribution >= 0.6 is 11.8 Å². The highest BCUT2D eigenvalue weighted by Gasteiger charge is 2.34. The third-order valence-electron chi connectivity index (χ3n) is 4.12. The van der Waals surface area contributed by atoms with E-state index in [1.807, 2.05) is 20.8 Å². The monoisotopic (exact) mass is 466 g/mol. The van der Waals surface area contributed by atoms with Crippen LogP contribution < -0.4 is 0 Å². The summed E-state index contributed by atoms with van der Waals surface area (Å²) in [5.41, 5.74) is 0.437. The van der Waals surface area contributed by atoms with Gasteiger partial charge in [-0.3, -0.25) is 0 Å². The molecule has 0 radical (unpaired) electrons. The van der Waals surface area contributed by atoms with Gasteiger partial charge in [-0.15, -0.1) is 11.8 Å². The number of esters is 1. The number of ether oxygens (including phenoxy) is 1. The van der Waals surface area contributed by atoms with Crippen molar-refractivity contribution in [2.75, 3.05) is 12.4 Å². The molecule has 12 heteroatoms. The van der Waals surface area contributed by atoms with Crippen molar-refractivity contribution in [1.29, 1.82) is 0 Å². The smallest absolute Gasteiger partial charge is 0.435 e. The van der Waals surface area contributed by atoms with Crippen LogP contribution in [0.5, 0.6) is 0 Å². The zero-order valence-electron chi connectivity index (χ0n) is 17.8. The average molecular weight is 466 g/mol. The van der Waals surface area contributed by atoms with E-state index in [0.29, 0.717) is 27.7 Å². The van der Waals surface area contributed by atoms with Gasteiger partial charge in [-0.2, -0.15) is 23.4 Å². The third-order valence-corrected chi connectivity index (χ3v) is 4.97. The molecule has 0 unspecified atom stereocenters. The van der Waals surface area contributed by atoms with Crippen molar-refractivity contribution in [1.82, 2.24) is 29.2 Å². The second-order valence-electron chi connectivity index (χ2n) is 6.04. The van der Waals surface area contributed by atoms with Crippen LogP contribution in [0, 0.1) is 0 Å². The molecule has 4 aromatic rings. The van der Waals surface area contributed by atoms with Gasteiger partial charge < -0.3 is 4.74 Å². The summed E-state index contributed by atoms with van der Waals surface area (Å²) in [5, 5.41) is 8.54. The third kappa shape index (κ3) is 4.40. The van der Waals surface area contributed by atoms with Gasteiger partial charge in [-0.1, -0.05) is 20.8 Å². The first-order valence-electron chi connectivity index (χ1n) is 9.95. The first kappa shape index (κ1) is 23.5.